The lowest BCUT2D eigenvalue weighted by Crippen LogP contribution is -1.68. The number of alkyl halides is 2. The van der Waals surface area contributed by atoms with Gasteiger partial charge in [-0.1, -0.05) is 45.2 Å². The number of hydrogen-bond acceptors (Lipinski definition) is 0. The first kappa shape index (κ1) is 9.02. The van der Waals surface area contributed by atoms with Gasteiger partial charge < -0.3 is 0 Å². The van der Waals surface area contributed by atoms with Crippen molar-refractivity contribution in [3.63, 3.8) is 0 Å². The summed E-state index contributed by atoms with van der Waals surface area (Å²) in [6.45, 7) is 0. The first-order valence-corrected chi connectivity index (χ1v) is 5.54. The summed E-state index contributed by atoms with van der Waals surface area (Å²) in [5.41, 5.74) is 0. The van der Waals surface area contributed by atoms with Crippen LogP contribution in [0.3, 0.4) is 0 Å². The van der Waals surface area contributed by atoms with Gasteiger partial charge in [0.1, 0.15) is 0 Å². The van der Waals surface area contributed by atoms with E-state index in [1.165, 1.54) is 0 Å². The minimum Gasteiger partial charge on any atom is -0.102 e. The normalized spacial score (nSPS) is 7.75. The van der Waals surface area contributed by atoms with Gasteiger partial charge in [0.05, 0.1) is 0 Å². The molecule has 2 heteroatoms. The van der Waals surface area contributed by atoms with Gasteiger partial charge >= 0.3 is 0 Å². The van der Waals surface area contributed by atoms with E-state index in [-0.39, 0.29) is 0 Å². The second-order valence-electron chi connectivity index (χ2n) is 1.23. The molecule has 0 saturated carbocycles. The zero-order valence-corrected chi connectivity index (χ0v) is 8.90. The summed E-state index contributed by atoms with van der Waals surface area (Å²) in [5, 5.41) is 0. The van der Waals surface area contributed by atoms with E-state index < -0.39 is 0 Å². The zero-order chi connectivity index (χ0) is 6.24. The fourth-order valence-electron chi connectivity index (χ4n) is 0.271. The second kappa shape index (κ2) is 8.02. The highest BCUT2D eigenvalue weighted by Gasteiger charge is 1.71. The van der Waals surface area contributed by atoms with E-state index in [1.807, 2.05) is 0 Å². The third-order valence-electron chi connectivity index (χ3n) is 0.564. The first-order chi connectivity index (χ1) is 3.91. The third kappa shape index (κ3) is 7.02. The first-order valence-electron chi connectivity index (χ1n) is 2.49. The van der Waals surface area contributed by atoms with Gasteiger partial charge in [-0.05, 0) is 0 Å². The largest absolute Gasteiger partial charge is 0.102 e. The molecule has 0 aliphatic rings. The van der Waals surface area contributed by atoms with E-state index in [4.69, 9.17) is 0 Å². The van der Waals surface area contributed by atoms with Gasteiger partial charge in [-0.3, -0.25) is 0 Å². The van der Waals surface area contributed by atoms with Crippen molar-refractivity contribution in [3.05, 3.63) is 0 Å². The molecule has 0 aliphatic carbocycles. The molecule has 0 rings (SSSR count). The summed E-state index contributed by atoms with van der Waals surface area (Å²) >= 11 is 4.67. The molecule has 0 nitrogen and oxygen atoms in total. The van der Waals surface area contributed by atoms with Crippen LogP contribution >= 0.6 is 45.2 Å². The molecule has 0 amide bonds. The zero-order valence-electron chi connectivity index (χ0n) is 4.58. The number of hydrogen-bond donors (Lipinski definition) is 0. The minimum absolute atomic E-state index is 1.05. The van der Waals surface area contributed by atoms with Gasteiger partial charge in [0.15, 0.2) is 0 Å². The Morgan fingerprint density at radius 1 is 0.875 bits per heavy atom. The average molecular weight is 334 g/mol. The maximum Gasteiger partial charge on any atom is 0.0179 e. The van der Waals surface area contributed by atoms with Crippen LogP contribution in [0.15, 0.2) is 0 Å². The highest BCUT2D eigenvalue weighted by molar-refractivity contribution is 14.1. The van der Waals surface area contributed by atoms with Gasteiger partial charge in [-0.2, -0.15) is 0 Å². The fraction of sp³-hybridized carbons (Fsp3) is 0.667. The molecular formula is C6H8I2. The lowest BCUT2D eigenvalue weighted by atomic mass is 10.4. The average Bonchev–Trinajstić information content (AvgIpc) is 1.81. The molecule has 0 heterocycles. The van der Waals surface area contributed by atoms with Crippen molar-refractivity contribution < 1.29 is 0 Å². The maximum absolute atomic E-state index is 3.07. The van der Waals surface area contributed by atoms with Gasteiger partial charge in [-0.25, -0.2) is 0 Å². The van der Waals surface area contributed by atoms with Crippen LogP contribution in [0.5, 0.6) is 0 Å². The lowest BCUT2D eigenvalue weighted by molar-refractivity contribution is 1.29. The van der Waals surface area contributed by atoms with Crippen LogP contribution in [0.4, 0.5) is 0 Å². The Hall–Kier alpha value is 1.02. The van der Waals surface area contributed by atoms with Gasteiger partial charge in [-0.15, -0.1) is 11.8 Å². The Balaban J connectivity index is 2.95. The molecule has 0 unspecified atom stereocenters. The summed E-state index contributed by atoms with van der Waals surface area (Å²) in [6, 6.07) is 0. The number of halogens is 2. The van der Waals surface area contributed by atoms with Crippen LogP contribution < -0.4 is 0 Å². The standard InChI is InChI=1S/C6H8I2/c7-5-3-1-2-4-6-8/h3-6H2. The van der Waals surface area contributed by atoms with Crippen LogP contribution in [0.2, 0.25) is 0 Å². The van der Waals surface area contributed by atoms with Crippen molar-refractivity contribution >= 4 is 45.2 Å². The molecule has 46 valence electrons. The summed E-state index contributed by atoms with van der Waals surface area (Å²) in [4.78, 5) is 0. The van der Waals surface area contributed by atoms with Crippen LogP contribution in [0, 0.1) is 11.8 Å². The monoisotopic (exact) mass is 334 g/mol. The highest BCUT2D eigenvalue weighted by atomic mass is 127. The number of rotatable bonds is 2. The SMILES string of the molecule is ICCC#CCCI. The predicted molar refractivity (Wildman–Crippen MR) is 54.8 cm³/mol. The molecule has 0 fully saturated rings. The molecule has 0 saturated heterocycles. The van der Waals surface area contributed by atoms with Crippen LogP contribution in [0.25, 0.3) is 0 Å². The topological polar surface area (TPSA) is 0 Å². The summed E-state index contributed by atoms with van der Waals surface area (Å²) in [6.07, 6.45) is 2.11. The van der Waals surface area contributed by atoms with Gasteiger partial charge in [0.2, 0.25) is 0 Å². The molecular weight excluding hydrogens is 326 g/mol. The van der Waals surface area contributed by atoms with Crippen molar-refractivity contribution in [2.24, 2.45) is 0 Å². The Kier molecular flexibility index (Phi) is 9.04. The van der Waals surface area contributed by atoms with Crippen molar-refractivity contribution in [1.29, 1.82) is 0 Å². The fourth-order valence-corrected chi connectivity index (χ4v) is 0.811. The van der Waals surface area contributed by atoms with Gasteiger partial charge in [0.25, 0.3) is 0 Å². The molecule has 0 aromatic carbocycles. The quantitative estimate of drug-likeness (QED) is 0.414. The molecule has 0 aromatic heterocycles. The summed E-state index contributed by atoms with van der Waals surface area (Å²) in [5.74, 6) is 6.15. The Bertz CT molecular complexity index is 78.4. The molecule has 0 aliphatic heterocycles. The lowest BCUT2D eigenvalue weighted by Gasteiger charge is -1.76. The maximum atomic E-state index is 3.07. The van der Waals surface area contributed by atoms with E-state index in [0.29, 0.717) is 0 Å². The van der Waals surface area contributed by atoms with E-state index >= 15 is 0 Å². The molecule has 0 radical (unpaired) electrons. The van der Waals surface area contributed by atoms with E-state index in [0.717, 1.165) is 21.7 Å². The molecule has 0 spiro atoms. The smallest absolute Gasteiger partial charge is 0.0179 e. The van der Waals surface area contributed by atoms with Crippen LogP contribution in [-0.2, 0) is 0 Å². The summed E-state index contributed by atoms with van der Waals surface area (Å²) < 4.78 is 2.32. The Morgan fingerprint density at radius 2 is 1.25 bits per heavy atom. The highest BCUT2D eigenvalue weighted by Crippen LogP contribution is 1.87. The second-order valence-corrected chi connectivity index (χ2v) is 3.39. The van der Waals surface area contributed by atoms with Crippen molar-refractivity contribution in [2.45, 2.75) is 12.8 Å². The van der Waals surface area contributed by atoms with E-state index in [9.17, 15) is 0 Å². The van der Waals surface area contributed by atoms with Gasteiger partial charge in [0, 0.05) is 21.7 Å². The van der Waals surface area contributed by atoms with Crippen molar-refractivity contribution in [2.75, 3.05) is 8.86 Å². The van der Waals surface area contributed by atoms with Crippen molar-refractivity contribution in [1.82, 2.24) is 0 Å². The van der Waals surface area contributed by atoms with Crippen LogP contribution in [0.1, 0.15) is 12.8 Å². The van der Waals surface area contributed by atoms with E-state index in [2.05, 4.69) is 57.0 Å². The summed E-state index contributed by atoms with van der Waals surface area (Å²) in [7, 11) is 0. The van der Waals surface area contributed by atoms with Crippen molar-refractivity contribution in [3.8, 4) is 11.8 Å². The molecule has 0 N–H and O–H groups in total. The third-order valence-corrected chi connectivity index (χ3v) is 1.64. The Labute approximate surface area is 78.1 Å². The van der Waals surface area contributed by atoms with Crippen LogP contribution in [-0.4, -0.2) is 8.86 Å². The molecule has 0 atom stereocenters. The van der Waals surface area contributed by atoms with E-state index in [1.54, 1.807) is 0 Å². The molecule has 0 aromatic rings. The molecule has 0 bridgehead atoms. The Morgan fingerprint density at radius 3 is 1.50 bits per heavy atom. The predicted octanol–water partition coefficient (Wildman–Crippen LogP) is 2.64. The molecule has 8 heavy (non-hydrogen) atoms. The minimum atomic E-state index is 1.05.